The number of halogens is 3. The smallest absolute Gasteiger partial charge is 0.419 e. The first-order chi connectivity index (χ1) is 9.00. The number of ether oxygens (including phenoxy) is 2. The largest absolute Gasteiger partial charge is 0.493 e. The van der Waals surface area contributed by atoms with E-state index in [1.807, 2.05) is 0 Å². The van der Waals surface area contributed by atoms with E-state index in [4.69, 9.17) is 9.47 Å². The average Bonchev–Trinajstić information content (AvgIpc) is 2.88. The quantitative estimate of drug-likeness (QED) is 0.792. The minimum absolute atomic E-state index is 0.0242. The van der Waals surface area contributed by atoms with Crippen LogP contribution in [-0.4, -0.2) is 26.1 Å². The number of aldehydes is 1. The summed E-state index contributed by atoms with van der Waals surface area (Å²) in [6.07, 6.45) is -3.38. The number of alkyl halides is 3. The standard InChI is InChI=1S/C13H13F3O3/c14-13(15,16)11-5-9(6-17)1-2-12(11)19-8-10-3-4-18-7-10/h1-2,5-6,10H,3-4,7-8H2. The summed E-state index contributed by atoms with van der Waals surface area (Å²) >= 11 is 0. The van der Waals surface area contributed by atoms with Gasteiger partial charge in [0.1, 0.15) is 12.0 Å². The summed E-state index contributed by atoms with van der Waals surface area (Å²) in [4.78, 5) is 10.5. The van der Waals surface area contributed by atoms with E-state index in [0.29, 0.717) is 19.5 Å². The first kappa shape index (κ1) is 13.9. The van der Waals surface area contributed by atoms with Crippen LogP contribution >= 0.6 is 0 Å². The van der Waals surface area contributed by atoms with Gasteiger partial charge in [0, 0.05) is 18.1 Å². The Morgan fingerprint density at radius 2 is 2.21 bits per heavy atom. The Labute approximate surface area is 108 Å². The van der Waals surface area contributed by atoms with Crippen LogP contribution in [0.2, 0.25) is 0 Å². The second-order valence-electron chi connectivity index (χ2n) is 4.41. The van der Waals surface area contributed by atoms with Crippen LogP contribution in [0.5, 0.6) is 5.75 Å². The molecule has 104 valence electrons. The summed E-state index contributed by atoms with van der Waals surface area (Å²) in [5.41, 5.74) is -0.945. The van der Waals surface area contributed by atoms with Crippen LogP contribution in [0.25, 0.3) is 0 Å². The molecule has 0 bridgehead atoms. The molecule has 0 N–H and O–H groups in total. The second kappa shape index (κ2) is 5.61. The number of rotatable bonds is 4. The predicted octanol–water partition coefficient (Wildman–Crippen LogP) is 2.93. The highest BCUT2D eigenvalue weighted by molar-refractivity contribution is 5.75. The minimum Gasteiger partial charge on any atom is -0.493 e. The van der Waals surface area contributed by atoms with E-state index >= 15 is 0 Å². The van der Waals surface area contributed by atoms with Gasteiger partial charge in [-0.1, -0.05) is 0 Å². The van der Waals surface area contributed by atoms with Crippen LogP contribution < -0.4 is 4.74 Å². The lowest BCUT2D eigenvalue weighted by Gasteiger charge is -2.16. The third kappa shape index (κ3) is 3.47. The molecule has 0 radical (unpaired) electrons. The zero-order valence-corrected chi connectivity index (χ0v) is 10.1. The van der Waals surface area contributed by atoms with Gasteiger partial charge in [0.25, 0.3) is 0 Å². The zero-order valence-electron chi connectivity index (χ0n) is 10.1. The van der Waals surface area contributed by atoms with Crippen LogP contribution in [0.4, 0.5) is 13.2 Å². The number of benzene rings is 1. The van der Waals surface area contributed by atoms with Gasteiger partial charge in [-0.25, -0.2) is 0 Å². The van der Waals surface area contributed by atoms with Crippen molar-refractivity contribution < 1.29 is 27.4 Å². The fourth-order valence-electron chi connectivity index (χ4n) is 1.89. The van der Waals surface area contributed by atoms with Crippen molar-refractivity contribution in [2.45, 2.75) is 12.6 Å². The Balaban J connectivity index is 2.15. The highest BCUT2D eigenvalue weighted by Crippen LogP contribution is 2.37. The maximum Gasteiger partial charge on any atom is 0.419 e. The van der Waals surface area contributed by atoms with Crippen molar-refractivity contribution in [2.24, 2.45) is 5.92 Å². The van der Waals surface area contributed by atoms with Crippen LogP contribution in [0.15, 0.2) is 18.2 Å². The maximum absolute atomic E-state index is 12.8. The summed E-state index contributed by atoms with van der Waals surface area (Å²) < 4.78 is 48.9. The van der Waals surface area contributed by atoms with E-state index in [9.17, 15) is 18.0 Å². The van der Waals surface area contributed by atoms with Gasteiger partial charge in [-0.3, -0.25) is 4.79 Å². The van der Waals surface area contributed by atoms with Gasteiger partial charge in [0.2, 0.25) is 0 Å². The molecule has 1 aliphatic rings. The van der Waals surface area contributed by atoms with E-state index in [-0.39, 0.29) is 23.8 Å². The van der Waals surface area contributed by atoms with Crippen molar-refractivity contribution in [1.29, 1.82) is 0 Å². The van der Waals surface area contributed by atoms with Crippen LogP contribution in [0.3, 0.4) is 0 Å². The van der Waals surface area contributed by atoms with Gasteiger partial charge in [0.05, 0.1) is 18.8 Å². The lowest BCUT2D eigenvalue weighted by atomic mass is 10.1. The van der Waals surface area contributed by atoms with Gasteiger partial charge in [-0.2, -0.15) is 13.2 Å². The Morgan fingerprint density at radius 1 is 1.42 bits per heavy atom. The molecule has 0 amide bonds. The Kier molecular flexibility index (Phi) is 4.09. The summed E-state index contributed by atoms with van der Waals surface area (Å²) in [7, 11) is 0. The first-order valence-electron chi connectivity index (χ1n) is 5.87. The molecule has 19 heavy (non-hydrogen) atoms. The van der Waals surface area contributed by atoms with Crippen LogP contribution in [-0.2, 0) is 10.9 Å². The monoisotopic (exact) mass is 274 g/mol. The Bertz CT molecular complexity index is 451. The van der Waals surface area contributed by atoms with Gasteiger partial charge >= 0.3 is 6.18 Å². The molecular weight excluding hydrogens is 261 g/mol. The van der Waals surface area contributed by atoms with Gasteiger partial charge in [-0.05, 0) is 24.6 Å². The molecule has 0 spiro atoms. The maximum atomic E-state index is 12.8. The number of hydrogen-bond acceptors (Lipinski definition) is 3. The van der Waals surface area contributed by atoms with Crippen molar-refractivity contribution in [2.75, 3.05) is 19.8 Å². The molecule has 6 heteroatoms. The summed E-state index contributed by atoms with van der Waals surface area (Å²) in [5.74, 6) is -0.128. The Hall–Kier alpha value is -1.56. The molecule has 1 atom stereocenters. The van der Waals surface area contributed by atoms with E-state index in [2.05, 4.69) is 0 Å². The molecule has 0 aromatic heterocycles. The van der Waals surface area contributed by atoms with Crippen LogP contribution in [0, 0.1) is 5.92 Å². The van der Waals surface area contributed by atoms with E-state index in [1.54, 1.807) is 0 Å². The van der Waals surface area contributed by atoms with Gasteiger partial charge in [-0.15, -0.1) is 0 Å². The van der Waals surface area contributed by atoms with Gasteiger partial charge < -0.3 is 9.47 Å². The SMILES string of the molecule is O=Cc1ccc(OCC2CCOC2)c(C(F)(F)F)c1. The first-order valence-corrected chi connectivity index (χ1v) is 5.87. The summed E-state index contributed by atoms with van der Waals surface area (Å²) in [6.45, 7) is 1.31. The molecule has 1 fully saturated rings. The normalized spacial score (nSPS) is 19.4. The van der Waals surface area contributed by atoms with Crippen molar-refractivity contribution in [3.05, 3.63) is 29.3 Å². The highest BCUT2D eigenvalue weighted by atomic mass is 19.4. The molecule has 2 rings (SSSR count). The second-order valence-corrected chi connectivity index (χ2v) is 4.41. The molecule has 1 saturated heterocycles. The average molecular weight is 274 g/mol. The molecule has 1 aromatic rings. The molecule has 1 aromatic carbocycles. The van der Waals surface area contributed by atoms with Crippen molar-refractivity contribution in [3.8, 4) is 5.75 Å². The summed E-state index contributed by atoms with van der Waals surface area (Å²) in [6, 6.07) is 3.29. The number of carbonyl (C=O) groups excluding carboxylic acids is 1. The fourth-order valence-corrected chi connectivity index (χ4v) is 1.89. The molecule has 1 aliphatic heterocycles. The molecular formula is C13H13F3O3. The van der Waals surface area contributed by atoms with E-state index in [1.165, 1.54) is 12.1 Å². The minimum atomic E-state index is -4.54. The van der Waals surface area contributed by atoms with Crippen molar-refractivity contribution in [1.82, 2.24) is 0 Å². The molecule has 1 unspecified atom stereocenters. The predicted molar refractivity (Wildman–Crippen MR) is 61.3 cm³/mol. The molecule has 0 aliphatic carbocycles. The van der Waals surface area contributed by atoms with Gasteiger partial charge in [0.15, 0.2) is 0 Å². The lowest BCUT2D eigenvalue weighted by Crippen LogP contribution is -2.15. The summed E-state index contributed by atoms with van der Waals surface area (Å²) in [5, 5.41) is 0. The fraction of sp³-hybridized carbons (Fsp3) is 0.462. The highest BCUT2D eigenvalue weighted by Gasteiger charge is 2.35. The van der Waals surface area contributed by atoms with Crippen molar-refractivity contribution >= 4 is 6.29 Å². The number of hydrogen-bond donors (Lipinski definition) is 0. The van der Waals surface area contributed by atoms with E-state index < -0.39 is 11.7 Å². The lowest BCUT2D eigenvalue weighted by molar-refractivity contribution is -0.139. The van der Waals surface area contributed by atoms with Crippen LogP contribution in [0.1, 0.15) is 22.3 Å². The van der Waals surface area contributed by atoms with Crippen molar-refractivity contribution in [3.63, 3.8) is 0 Å². The Morgan fingerprint density at radius 3 is 2.79 bits per heavy atom. The molecule has 0 saturated carbocycles. The zero-order chi connectivity index (χ0) is 13.9. The topological polar surface area (TPSA) is 35.5 Å². The van der Waals surface area contributed by atoms with E-state index in [0.717, 1.165) is 12.5 Å². The number of carbonyl (C=O) groups is 1. The molecule has 3 nitrogen and oxygen atoms in total. The third-order valence-electron chi connectivity index (χ3n) is 2.94. The molecule has 1 heterocycles. The third-order valence-corrected chi connectivity index (χ3v) is 2.94.